The number of anilines is 1. The molecule has 0 fully saturated rings. The van der Waals surface area contributed by atoms with Crippen LogP contribution in [0.2, 0.25) is 5.02 Å². The number of methoxy groups -OCH3 is 1. The molecule has 1 N–H and O–H groups in total. The van der Waals surface area contributed by atoms with Crippen molar-refractivity contribution in [3.8, 4) is 5.75 Å². The number of nitrogens with zero attached hydrogens (tertiary/aromatic N) is 1. The van der Waals surface area contributed by atoms with Gasteiger partial charge in [-0.25, -0.2) is 0 Å². The molecule has 0 radical (unpaired) electrons. The van der Waals surface area contributed by atoms with E-state index in [1.54, 1.807) is 7.11 Å². The fourth-order valence-corrected chi connectivity index (χ4v) is 3.11. The third-order valence-electron chi connectivity index (χ3n) is 4.01. The van der Waals surface area contributed by atoms with Gasteiger partial charge in [0.25, 0.3) is 0 Å². The number of hydrogen-bond donors (Lipinski definition) is 1. The normalized spacial score (nSPS) is 13.4. The highest BCUT2D eigenvalue weighted by molar-refractivity contribution is 6.30. The number of aliphatic hydroxyl groups excluding tert-OH is 1. The van der Waals surface area contributed by atoms with Crippen molar-refractivity contribution in [2.75, 3.05) is 12.0 Å². The molecule has 0 bridgehead atoms. The highest BCUT2D eigenvalue weighted by Crippen LogP contribution is 2.32. The molecule has 0 aliphatic rings. The van der Waals surface area contributed by atoms with Gasteiger partial charge in [0.1, 0.15) is 5.75 Å². The first-order valence-corrected chi connectivity index (χ1v) is 8.26. The van der Waals surface area contributed by atoms with Crippen LogP contribution >= 0.6 is 11.6 Å². The van der Waals surface area contributed by atoms with Crippen molar-refractivity contribution >= 4 is 17.3 Å². The summed E-state index contributed by atoms with van der Waals surface area (Å²) in [5, 5.41) is 10.9. The smallest absolute Gasteiger partial charge is 0.142 e. The van der Waals surface area contributed by atoms with Gasteiger partial charge in [-0.15, -0.1) is 0 Å². The number of halogens is 1. The summed E-state index contributed by atoms with van der Waals surface area (Å²) in [6.07, 6.45) is 0.375. The SMILES string of the molecule is CCC(C(C)O)N(Cc1cccc(Cl)c1)c1ccccc1OC. The Morgan fingerprint density at radius 3 is 2.52 bits per heavy atom. The molecule has 2 aromatic rings. The van der Waals surface area contributed by atoms with Gasteiger partial charge in [0, 0.05) is 11.6 Å². The van der Waals surface area contributed by atoms with Crippen LogP contribution in [0.5, 0.6) is 5.75 Å². The Kier molecular flexibility index (Phi) is 6.31. The standard InChI is InChI=1S/C19H24ClNO2/c1-4-17(14(2)22)21(13-15-8-7-9-16(20)12-15)18-10-5-6-11-19(18)23-3/h5-12,14,17,22H,4,13H2,1-3H3. The predicted octanol–water partition coefficient (Wildman–Crippen LogP) is 4.51. The van der Waals surface area contributed by atoms with E-state index in [4.69, 9.17) is 16.3 Å². The molecule has 2 aromatic carbocycles. The molecule has 23 heavy (non-hydrogen) atoms. The maximum absolute atomic E-state index is 10.2. The summed E-state index contributed by atoms with van der Waals surface area (Å²) in [6.45, 7) is 4.57. The molecule has 0 aromatic heterocycles. The summed E-state index contributed by atoms with van der Waals surface area (Å²) in [5.41, 5.74) is 2.07. The summed E-state index contributed by atoms with van der Waals surface area (Å²) < 4.78 is 5.51. The molecule has 0 aliphatic carbocycles. The van der Waals surface area contributed by atoms with Gasteiger partial charge in [-0.3, -0.25) is 0 Å². The number of aliphatic hydroxyl groups is 1. The molecule has 0 saturated carbocycles. The minimum Gasteiger partial charge on any atom is -0.495 e. The monoisotopic (exact) mass is 333 g/mol. The van der Waals surface area contributed by atoms with Gasteiger partial charge in [-0.05, 0) is 43.2 Å². The Labute approximate surface area is 143 Å². The molecule has 4 heteroatoms. The average Bonchev–Trinajstić information content (AvgIpc) is 2.54. The van der Waals surface area contributed by atoms with Crippen molar-refractivity contribution in [2.24, 2.45) is 0 Å². The van der Waals surface area contributed by atoms with E-state index in [1.807, 2.05) is 55.5 Å². The number of ether oxygens (including phenoxy) is 1. The molecule has 124 valence electrons. The summed E-state index contributed by atoms with van der Waals surface area (Å²) in [4.78, 5) is 2.19. The number of para-hydroxylation sites is 2. The van der Waals surface area contributed by atoms with E-state index >= 15 is 0 Å². The summed E-state index contributed by atoms with van der Waals surface area (Å²) in [7, 11) is 1.67. The van der Waals surface area contributed by atoms with Gasteiger partial charge in [0.15, 0.2) is 0 Å². The third kappa shape index (κ3) is 4.40. The van der Waals surface area contributed by atoms with Gasteiger partial charge in [0.05, 0.1) is 24.9 Å². The molecule has 0 saturated heterocycles. The fraction of sp³-hybridized carbons (Fsp3) is 0.368. The molecular formula is C19H24ClNO2. The lowest BCUT2D eigenvalue weighted by Crippen LogP contribution is -2.42. The zero-order valence-electron chi connectivity index (χ0n) is 13.9. The lowest BCUT2D eigenvalue weighted by molar-refractivity contribution is 0.155. The lowest BCUT2D eigenvalue weighted by Gasteiger charge is -2.36. The number of benzene rings is 2. The summed E-state index contributed by atoms with van der Waals surface area (Å²) in [6, 6.07) is 15.7. The second-order valence-corrected chi connectivity index (χ2v) is 6.08. The van der Waals surface area contributed by atoms with Crippen molar-refractivity contribution in [3.05, 3.63) is 59.1 Å². The zero-order valence-corrected chi connectivity index (χ0v) is 14.6. The summed E-state index contributed by atoms with van der Waals surface area (Å²) >= 11 is 6.12. The number of hydrogen-bond acceptors (Lipinski definition) is 3. The molecule has 0 heterocycles. The van der Waals surface area contributed by atoms with Crippen LogP contribution in [0.1, 0.15) is 25.8 Å². The first kappa shape index (κ1) is 17.6. The van der Waals surface area contributed by atoms with Gasteiger partial charge < -0.3 is 14.7 Å². The van der Waals surface area contributed by atoms with Gasteiger partial charge in [0.2, 0.25) is 0 Å². The van der Waals surface area contributed by atoms with E-state index in [1.165, 1.54) is 0 Å². The van der Waals surface area contributed by atoms with Crippen molar-refractivity contribution in [3.63, 3.8) is 0 Å². The van der Waals surface area contributed by atoms with E-state index in [-0.39, 0.29) is 6.04 Å². The minimum absolute atomic E-state index is 0.00900. The van der Waals surface area contributed by atoms with E-state index in [9.17, 15) is 5.11 Å². The average molecular weight is 334 g/mol. The Balaban J connectivity index is 2.43. The molecule has 2 unspecified atom stereocenters. The highest BCUT2D eigenvalue weighted by atomic mass is 35.5. The fourth-order valence-electron chi connectivity index (χ4n) is 2.90. The van der Waals surface area contributed by atoms with E-state index < -0.39 is 6.10 Å². The second-order valence-electron chi connectivity index (χ2n) is 5.65. The predicted molar refractivity (Wildman–Crippen MR) is 96.4 cm³/mol. The molecular weight excluding hydrogens is 310 g/mol. The Hall–Kier alpha value is -1.71. The van der Waals surface area contributed by atoms with Gasteiger partial charge in [-0.2, -0.15) is 0 Å². The Bertz CT molecular complexity index is 630. The number of rotatable bonds is 7. The maximum Gasteiger partial charge on any atom is 0.142 e. The zero-order chi connectivity index (χ0) is 16.8. The minimum atomic E-state index is -0.455. The van der Waals surface area contributed by atoms with Gasteiger partial charge >= 0.3 is 0 Å². The molecule has 0 aliphatic heterocycles. The van der Waals surface area contributed by atoms with Crippen LogP contribution in [-0.2, 0) is 6.54 Å². The van der Waals surface area contributed by atoms with Crippen molar-refractivity contribution in [2.45, 2.75) is 39.0 Å². The Morgan fingerprint density at radius 1 is 1.17 bits per heavy atom. The highest BCUT2D eigenvalue weighted by Gasteiger charge is 2.24. The first-order chi connectivity index (χ1) is 11.1. The Morgan fingerprint density at radius 2 is 1.91 bits per heavy atom. The van der Waals surface area contributed by atoms with Crippen LogP contribution in [0.15, 0.2) is 48.5 Å². The first-order valence-electron chi connectivity index (χ1n) is 7.89. The lowest BCUT2D eigenvalue weighted by atomic mass is 10.0. The molecule has 0 spiro atoms. The molecule has 2 rings (SSSR count). The molecule has 3 nitrogen and oxygen atoms in total. The van der Waals surface area contributed by atoms with Crippen molar-refractivity contribution in [1.29, 1.82) is 0 Å². The van der Waals surface area contributed by atoms with Crippen LogP contribution in [0.4, 0.5) is 5.69 Å². The van der Waals surface area contributed by atoms with E-state index in [2.05, 4.69) is 11.8 Å². The maximum atomic E-state index is 10.2. The van der Waals surface area contributed by atoms with Crippen LogP contribution in [0, 0.1) is 0 Å². The molecule has 2 atom stereocenters. The third-order valence-corrected chi connectivity index (χ3v) is 4.25. The topological polar surface area (TPSA) is 32.7 Å². The largest absolute Gasteiger partial charge is 0.495 e. The summed E-state index contributed by atoms with van der Waals surface area (Å²) in [5.74, 6) is 0.800. The van der Waals surface area contributed by atoms with E-state index in [0.717, 1.165) is 23.4 Å². The van der Waals surface area contributed by atoms with Crippen LogP contribution in [0.3, 0.4) is 0 Å². The van der Waals surface area contributed by atoms with Crippen LogP contribution < -0.4 is 9.64 Å². The van der Waals surface area contributed by atoms with Crippen LogP contribution in [0.25, 0.3) is 0 Å². The van der Waals surface area contributed by atoms with Crippen LogP contribution in [-0.4, -0.2) is 24.4 Å². The van der Waals surface area contributed by atoms with Gasteiger partial charge in [-0.1, -0.05) is 42.8 Å². The van der Waals surface area contributed by atoms with Crippen molar-refractivity contribution in [1.82, 2.24) is 0 Å². The van der Waals surface area contributed by atoms with E-state index in [0.29, 0.717) is 11.6 Å². The quantitative estimate of drug-likeness (QED) is 0.809. The second kappa shape index (κ2) is 8.23. The van der Waals surface area contributed by atoms with Crippen molar-refractivity contribution < 1.29 is 9.84 Å². The molecule has 0 amide bonds.